The molecular weight excluding hydrogens is 332 g/mol. The molecule has 1 saturated carbocycles. The number of amides is 1. The van der Waals surface area contributed by atoms with Crippen LogP contribution in [0, 0.1) is 13.8 Å². The molecule has 140 valence electrons. The van der Waals surface area contributed by atoms with E-state index in [-0.39, 0.29) is 23.7 Å². The molecule has 2 aromatic heterocycles. The molecule has 0 spiro atoms. The molecule has 1 amide bonds. The average molecular weight is 358 g/mol. The van der Waals surface area contributed by atoms with Crippen molar-refractivity contribution in [1.29, 1.82) is 0 Å². The predicted molar refractivity (Wildman–Crippen MR) is 96.3 cm³/mol. The number of methoxy groups -OCH3 is 2. The molecule has 26 heavy (non-hydrogen) atoms. The Morgan fingerprint density at radius 3 is 2.81 bits per heavy atom. The number of carbonyl (C=O) groups excluding carboxylic acids is 1. The Morgan fingerprint density at radius 2 is 2.08 bits per heavy atom. The summed E-state index contributed by atoms with van der Waals surface area (Å²) < 4.78 is 13.3. The second kappa shape index (κ2) is 6.32. The largest absolute Gasteiger partial charge is 0.381 e. The van der Waals surface area contributed by atoms with E-state index < -0.39 is 0 Å². The summed E-state index contributed by atoms with van der Waals surface area (Å²) in [6.45, 7) is 4.57. The molecule has 1 aliphatic carbocycles. The molecule has 0 N–H and O–H groups in total. The molecule has 3 heterocycles. The molecule has 0 aromatic carbocycles. The molecule has 7 heteroatoms. The van der Waals surface area contributed by atoms with Gasteiger partial charge in [0.05, 0.1) is 23.4 Å². The van der Waals surface area contributed by atoms with Crippen molar-refractivity contribution in [2.24, 2.45) is 0 Å². The predicted octanol–water partition coefficient (Wildman–Crippen LogP) is 2.14. The van der Waals surface area contributed by atoms with E-state index in [1.54, 1.807) is 18.7 Å². The lowest BCUT2D eigenvalue weighted by atomic mass is 9.79. The molecule has 2 fully saturated rings. The number of fused-ring (bicyclic) bond motifs is 2. The van der Waals surface area contributed by atoms with E-state index in [1.807, 2.05) is 30.9 Å². The normalized spacial score (nSPS) is 28.5. The zero-order valence-corrected chi connectivity index (χ0v) is 15.9. The monoisotopic (exact) mass is 358 g/mol. The Morgan fingerprint density at radius 1 is 1.27 bits per heavy atom. The summed E-state index contributed by atoms with van der Waals surface area (Å²) in [5.74, 6) is -0.0323. The van der Waals surface area contributed by atoms with Gasteiger partial charge in [0.2, 0.25) is 0 Å². The van der Waals surface area contributed by atoms with Crippen molar-refractivity contribution in [3.05, 3.63) is 29.2 Å². The number of likely N-dealkylation sites (tertiary alicyclic amines) is 1. The molecule has 2 aliphatic rings. The minimum atomic E-state index is -0.253. The number of hydrogen-bond acceptors (Lipinski definition) is 5. The lowest BCUT2D eigenvalue weighted by Gasteiger charge is -2.43. The Hall–Kier alpha value is -1.99. The van der Waals surface area contributed by atoms with Gasteiger partial charge in [-0.1, -0.05) is 0 Å². The van der Waals surface area contributed by atoms with E-state index in [1.165, 1.54) is 0 Å². The van der Waals surface area contributed by atoms with E-state index in [0.717, 1.165) is 37.1 Å². The lowest BCUT2D eigenvalue weighted by Crippen LogP contribution is -2.53. The number of aryl methyl sites for hydroxylation is 2. The first-order chi connectivity index (χ1) is 12.5. The van der Waals surface area contributed by atoms with Gasteiger partial charge in [0.15, 0.2) is 5.65 Å². The molecular formula is C19H26N4O3. The molecule has 4 rings (SSSR count). The fourth-order valence-electron chi connectivity index (χ4n) is 4.62. The zero-order valence-electron chi connectivity index (χ0n) is 15.9. The molecule has 3 atom stereocenters. The highest BCUT2D eigenvalue weighted by Gasteiger charge is 2.52. The smallest absolute Gasteiger partial charge is 0.272 e. The van der Waals surface area contributed by atoms with Gasteiger partial charge in [-0.2, -0.15) is 5.10 Å². The van der Waals surface area contributed by atoms with Gasteiger partial charge in [-0.3, -0.25) is 4.79 Å². The summed E-state index contributed by atoms with van der Waals surface area (Å²) in [5.41, 5.74) is 2.72. The van der Waals surface area contributed by atoms with Crippen LogP contribution in [0.2, 0.25) is 0 Å². The lowest BCUT2D eigenvalue weighted by molar-refractivity contribution is -0.0894. The highest BCUT2D eigenvalue weighted by molar-refractivity contribution is 5.93. The molecule has 0 bridgehead atoms. The fourth-order valence-corrected chi connectivity index (χ4v) is 4.62. The third-order valence-electron chi connectivity index (χ3n) is 6.08. The molecule has 7 nitrogen and oxygen atoms in total. The van der Waals surface area contributed by atoms with Gasteiger partial charge in [-0.15, -0.1) is 0 Å². The Kier molecular flexibility index (Phi) is 4.23. The molecule has 1 saturated heterocycles. The van der Waals surface area contributed by atoms with Gasteiger partial charge >= 0.3 is 0 Å². The number of aromatic nitrogens is 3. The Balaban J connectivity index is 1.67. The van der Waals surface area contributed by atoms with Crippen LogP contribution in [0.1, 0.15) is 47.6 Å². The molecule has 2 aromatic rings. The SMILES string of the molecule is CO[C@H]1CC[C@@]2(OC)CCN(C(=O)c3cc(C)n4nc(C)cc4n3)[C@H]2C1. The van der Waals surface area contributed by atoms with Gasteiger partial charge in [0.25, 0.3) is 5.91 Å². The topological polar surface area (TPSA) is 69.0 Å². The number of hydrogen-bond donors (Lipinski definition) is 0. The molecule has 0 unspecified atom stereocenters. The summed E-state index contributed by atoms with van der Waals surface area (Å²) in [6, 6.07) is 3.75. The van der Waals surface area contributed by atoms with Crippen LogP contribution in [0.3, 0.4) is 0 Å². The van der Waals surface area contributed by atoms with Gasteiger partial charge in [-0.05, 0) is 45.6 Å². The van der Waals surface area contributed by atoms with Gasteiger partial charge in [-0.25, -0.2) is 9.50 Å². The van der Waals surface area contributed by atoms with Crippen molar-refractivity contribution >= 4 is 11.6 Å². The van der Waals surface area contributed by atoms with Gasteiger partial charge in [0.1, 0.15) is 5.69 Å². The third-order valence-corrected chi connectivity index (χ3v) is 6.08. The molecule has 0 radical (unpaired) electrons. The quantitative estimate of drug-likeness (QED) is 0.841. The maximum atomic E-state index is 13.3. The van der Waals surface area contributed by atoms with E-state index in [9.17, 15) is 4.79 Å². The van der Waals surface area contributed by atoms with Crippen LogP contribution in [-0.2, 0) is 9.47 Å². The van der Waals surface area contributed by atoms with E-state index in [4.69, 9.17) is 9.47 Å². The van der Waals surface area contributed by atoms with Crippen LogP contribution in [0.15, 0.2) is 12.1 Å². The van der Waals surface area contributed by atoms with E-state index >= 15 is 0 Å². The van der Waals surface area contributed by atoms with Crippen molar-refractivity contribution in [3.63, 3.8) is 0 Å². The van der Waals surface area contributed by atoms with Crippen LogP contribution in [0.4, 0.5) is 0 Å². The minimum absolute atomic E-state index is 0.0312. The van der Waals surface area contributed by atoms with Crippen LogP contribution in [0.25, 0.3) is 5.65 Å². The fraction of sp³-hybridized carbons (Fsp3) is 0.632. The summed E-state index contributed by atoms with van der Waals surface area (Å²) in [5, 5.41) is 4.41. The number of rotatable bonds is 3. The number of carbonyl (C=O) groups is 1. The maximum absolute atomic E-state index is 13.3. The van der Waals surface area contributed by atoms with Crippen molar-refractivity contribution in [1.82, 2.24) is 19.5 Å². The van der Waals surface area contributed by atoms with Crippen LogP contribution < -0.4 is 0 Å². The Bertz CT molecular complexity index is 849. The first kappa shape index (κ1) is 17.4. The van der Waals surface area contributed by atoms with Crippen molar-refractivity contribution in [3.8, 4) is 0 Å². The summed E-state index contributed by atoms with van der Waals surface area (Å²) in [6.07, 6.45) is 3.74. The summed E-state index contributed by atoms with van der Waals surface area (Å²) >= 11 is 0. The van der Waals surface area contributed by atoms with Crippen molar-refractivity contribution in [2.75, 3.05) is 20.8 Å². The number of nitrogens with zero attached hydrogens (tertiary/aromatic N) is 4. The first-order valence-electron chi connectivity index (χ1n) is 9.20. The van der Waals surface area contributed by atoms with Crippen LogP contribution in [0.5, 0.6) is 0 Å². The van der Waals surface area contributed by atoms with Crippen LogP contribution >= 0.6 is 0 Å². The maximum Gasteiger partial charge on any atom is 0.272 e. The highest BCUT2D eigenvalue weighted by atomic mass is 16.5. The second-order valence-corrected chi connectivity index (χ2v) is 7.50. The standard InChI is InChI=1S/C19H26N4O3/c1-12-9-17-20-15(10-13(2)23(17)21-12)18(24)22-8-7-19(26-4)6-5-14(25-3)11-16(19)22/h9-10,14,16H,5-8,11H2,1-4H3/t14-,16-,19+/m0/s1. The first-order valence-corrected chi connectivity index (χ1v) is 9.20. The highest BCUT2D eigenvalue weighted by Crippen LogP contribution is 2.43. The zero-order chi connectivity index (χ0) is 18.5. The second-order valence-electron chi connectivity index (χ2n) is 7.50. The van der Waals surface area contributed by atoms with E-state index in [2.05, 4.69) is 10.1 Å². The summed E-state index contributed by atoms with van der Waals surface area (Å²) in [4.78, 5) is 19.8. The average Bonchev–Trinajstić information content (AvgIpc) is 3.21. The number of ether oxygens (including phenoxy) is 2. The minimum Gasteiger partial charge on any atom is -0.381 e. The van der Waals surface area contributed by atoms with Crippen LogP contribution in [-0.4, -0.2) is 63.9 Å². The van der Waals surface area contributed by atoms with Gasteiger partial charge in [0, 0.05) is 32.5 Å². The van der Waals surface area contributed by atoms with Crippen molar-refractivity contribution < 1.29 is 14.3 Å². The Labute approximate surface area is 153 Å². The van der Waals surface area contributed by atoms with Crippen molar-refractivity contribution in [2.45, 2.75) is 57.3 Å². The third kappa shape index (κ3) is 2.61. The van der Waals surface area contributed by atoms with E-state index in [0.29, 0.717) is 17.9 Å². The van der Waals surface area contributed by atoms with Gasteiger partial charge < -0.3 is 14.4 Å². The summed E-state index contributed by atoms with van der Waals surface area (Å²) in [7, 11) is 3.50. The molecule has 1 aliphatic heterocycles.